The lowest BCUT2D eigenvalue weighted by molar-refractivity contribution is -0.135. The number of likely N-dealkylation sites (N-methyl/N-ethyl adjacent to an activating group) is 1. The van der Waals surface area contributed by atoms with Crippen LogP contribution in [0.25, 0.3) is 16.5 Å². The second-order valence-corrected chi connectivity index (χ2v) is 6.67. The predicted molar refractivity (Wildman–Crippen MR) is 98.8 cm³/mol. The molecule has 132 valence electrons. The Morgan fingerprint density at radius 1 is 1.08 bits per heavy atom. The maximum Gasteiger partial charge on any atom is 0.277 e. The zero-order valence-corrected chi connectivity index (χ0v) is 15.2. The number of nitrogens with zero attached hydrogens (tertiary/aromatic N) is 3. The first-order valence-corrected chi connectivity index (χ1v) is 8.41. The fourth-order valence-corrected chi connectivity index (χ4v) is 3.20. The molecular weight excluding hydrogens is 316 g/mol. The van der Waals surface area contributed by atoms with Crippen molar-refractivity contribution in [2.45, 2.75) is 6.42 Å². The summed E-state index contributed by atoms with van der Waals surface area (Å²) >= 11 is 0. The standard InChI is InChI=1S/C19H24N4O2/c1-21(2)11-7-10-20-17-16(18(24)23(4)19(17)25)14-12-22(3)15-9-6-5-8-13(14)15/h5-6,8-9,12,20H,7,10-11H2,1-4H3. The predicted octanol–water partition coefficient (Wildman–Crippen LogP) is 1.43. The van der Waals surface area contributed by atoms with Crippen LogP contribution < -0.4 is 5.32 Å². The maximum absolute atomic E-state index is 12.7. The molecule has 25 heavy (non-hydrogen) atoms. The third kappa shape index (κ3) is 3.05. The summed E-state index contributed by atoms with van der Waals surface area (Å²) < 4.78 is 1.98. The zero-order valence-electron chi connectivity index (χ0n) is 15.2. The fraction of sp³-hybridized carbons (Fsp3) is 0.368. The zero-order chi connectivity index (χ0) is 18.1. The number of carbonyl (C=O) groups is 2. The van der Waals surface area contributed by atoms with E-state index in [0.29, 0.717) is 17.8 Å². The van der Waals surface area contributed by atoms with E-state index in [0.717, 1.165) is 29.4 Å². The van der Waals surface area contributed by atoms with Gasteiger partial charge in [-0.3, -0.25) is 14.5 Å². The average Bonchev–Trinajstić information content (AvgIpc) is 3.02. The summed E-state index contributed by atoms with van der Waals surface area (Å²) in [6.45, 7) is 1.57. The number of nitrogens with one attached hydrogen (secondary N) is 1. The fourth-order valence-electron chi connectivity index (χ4n) is 3.20. The Kier molecular flexibility index (Phi) is 4.63. The lowest BCUT2D eigenvalue weighted by atomic mass is 10.0. The molecule has 2 heterocycles. The second kappa shape index (κ2) is 6.72. The Labute approximate surface area is 147 Å². The number of carbonyl (C=O) groups excluding carboxylic acids is 2. The molecule has 6 nitrogen and oxygen atoms in total. The second-order valence-electron chi connectivity index (χ2n) is 6.67. The van der Waals surface area contributed by atoms with Crippen LogP contribution in [0, 0.1) is 0 Å². The van der Waals surface area contributed by atoms with Gasteiger partial charge in [0.05, 0.1) is 5.57 Å². The van der Waals surface area contributed by atoms with E-state index in [1.807, 2.05) is 56.2 Å². The van der Waals surface area contributed by atoms with Crippen LogP contribution in [0.2, 0.25) is 0 Å². The van der Waals surface area contributed by atoms with Gasteiger partial charge >= 0.3 is 0 Å². The van der Waals surface area contributed by atoms with Gasteiger partial charge in [0.1, 0.15) is 5.70 Å². The minimum atomic E-state index is -0.266. The summed E-state index contributed by atoms with van der Waals surface area (Å²) in [5.74, 6) is -0.519. The number of hydrogen-bond donors (Lipinski definition) is 1. The number of fused-ring (bicyclic) bond motifs is 1. The number of para-hydroxylation sites is 1. The van der Waals surface area contributed by atoms with Crippen LogP contribution in [-0.4, -0.2) is 60.4 Å². The molecule has 3 rings (SSSR count). The molecule has 0 aliphatic carbocycles. The van der Waals surface area contributed by atoms with Crippen molar-refractivity contribution in [3.63, 3.8) is 0 Å². The quantitative estimate of drug-likeness (QED) is 0.638. The molecule has 0 fully saturated rings. The van der Waals surface area contributed by atoms with Crippen molar-refractivity contribution in [3.05, 3.63) is 41.7 Å². The molecule has 0 spiro atoms. The molecule has 0 radical (unpaired) electrons. The average molecular weight is 340 g/mol. The van der Waals surface area contributed by atoms with Gasteiger partial charge in [-0.25, -0.2) is 0 Å². The van der Waals surface area contributed by atoms with Crippen molar-refractivity contribution in [1.29, 1.82) is 0 Å². The normalized spacial score (nSPS) is 15.2. The highest BCUT2D eigenvalue weighted by atomic mass is 16.2. The highest BCUT2D eigenvalue weighted by molar-refractivity contribution is 6.36. The number of hydrogen-bond acceptors (Lipinski definition) is 4. The van der Waals surface area contributed by atoms with Crippen LogP contribution in [0.3, 0.4) is 0 Å². The first-order chi connectivity index (χ1) is 11.9. The van der Waals surface area contributed by atoms with Crippen molar-refractivity contribution in [2.24, 2.45) is 7.05 Å². The number of benzene rings is 1. The van der Waals surface area contributed by atoms with Crippen LogP contribution in [0.4, 0.5) is 0 Å². The minimum absolute atomic E-state index is 0.253. The maximum atomic E-state index is 12.7. The molecule has 0 unspecified atom stereocenters. The van der Waals surface area contributed by atoms with Gasteiger partial charge in [0.15, 0.2) is 0 Å². The monoisotopic (exact) mass is 340 g/mol. The molecule has 0 saturated heterocycles. The van der Waals surface area contributed by atoms with Crippen molar-refractivity contribution in [2.75, 3.05) is 34.2 Å². The van der Waals surface area contributed by atoms with E-state index >= 15 is 0 Å². The van der Waals surface area contributed by atoms with Gasteiger partial charge in [0.25, 0.3) is 11.8 Å². The summed E-state index contributed by atoms with van der Waals surface area (Å²) in [4.78, 5) is 28.5. The van der Waals surface area contributed by atoms with Crippen LogP contribution in [0.5, 0.6) is 0 Å². The third-order valence-electron chi connectivity index (χ3n) is 4.54. The molecule has 1 aromatic carbocycles. The molecule has 1 aromatic heterocycles. The Hall–Kier alpha value is -2.60. The van der Waals surface area contributed by atoms with E-state index in [1.165, 1.54) is 11.9 Å². The lowest BCUT2D eigenvalue weighted by Gasteiger charge is -2.11. The van der Waals surface area contributed by atoms with Gasteiger partial charge in [-0.05, 0) is 33.1 Å². The Morgan fingerprint density at radius 3 is 2.52 bits per heavy atom. The van der Waals surface area contributed by atoms with E-state index < -0.39 is 0 Å². The summed E-state index contributed by atoms with van der Waals surface area (Å²) in [5, 5.41) is 4.18. The van der Waals surface area contributed by atoms with Crippen LogP contribution >= 0.6 is 0 Å². The van der Waals surface area contributed by atoms with E-state index in [-0.39, 0.29) is 11.8 Å². The lowest BCUT2D eigenvalue weighted by Crippen LogP contribution is -2.30. The smallest absolute Gasteiger partial charge is 0.277 e. The van der Waals surface area contributed by atoms with Crippen molar-refractivity contribution >= 4 is 28.3 Å². The van der Waals surface area contributed by atoms with Gasteiger partial charge in [0.2, 0.25) is 0 Å². The van der Waals surface area contributed by atoms with E-state index in [2.05, 4.69) is 10.2 Å². The van der Waals surface area contributed by atoms with Crippen LogP contribution in [0.1, 0.15) is 12.0 Å². The van der Waals surface area contributed by atoms with Gasteiger partial charge in [-0.1, -0.05) is 18.2 Å². The van der Waals surface area contributed by atoms with Gasteiger partial charge in [-0.15, -0.1) is 0 Å². The highest BCUT2D eigenvalue weighted by Crippen LogP contribution is 2.33. The molecule has 2 amide bonds. The first kappa shape index (κ1) is 17.2. The number of amides is 2. The third-order valence-corrected chi connectivity index (χ3v) is 4.54. The molecule has 2 aromatic rings. The van der Waals surface area contributed by atoms with Crippen LogP contribution in [-0.2, 0) is 16.6 Å². The highest BCUT2D eigenvalue weighted by Gasteiger charge is 2.37. The summed E-state index contributed by atoms with van der Waals surface area (Å²) in [5.41, 5.74) is 2.71. The SMILES string of the molecule is CN(C)CCCNC1=C(c2cn(C)c3ccccc23)C(=O)N(C)C1=O. The van der Waals surface area contributed by atoms with Crippen LogP contribution in [0.15, 0.2) is 36.2 Å². The summed E-state index contributed by atoms with van der Waals surface area (Å²) in [6.07, 6.45) is 2.82. The molecule has 0 bridgehead atoms. The van der Waals surface area contributed by atoms with E-state index in [9.17, 15) is 9.59 Å². The van der Waals surface area contributed by atoms with Gasteiger partial charge < -0.3 is 14.8 Å². The molecule has 1 aliphatic rings. The Morgan fingerprint density at radius 2 is 1.80 bits per heavy atom. The molecule has 1 aliphatic heterocycles. The van der Waals surface area contributed by atoms with Gasteiger partial charge in [-0.2, -0.15) is 0 Å². The number of aromatic nitrogens is 1. The van der Waals surface area contributed by atoms with Crippen molar-refractivity contribution in [3.8, 4) is 0 Å². The van der Waals surface area contributed by atoms with Crippen molar-refractivity contribution in [1.82, 2.24) is 19.7 Å². The van der Waals surface area contributed by atoms with Gasteiger partial charge in [0, 0.05) is 43.3 Å². The molecule has 0 saturated carbocycles. The summed E-state index contributed by atoms with van der Waals surface area (Å²) in [7, 11) is 7.50. The first-order valence-electron chi connectivity index (χ1n) is 8.41. The van der Waals surface area contributed by atoms with Crippen molar-refractivity contribution < 1.29 is 9.59 Å². The van der Waals surface area contributed by atoms with E-state index in [1.54, 1.807) is 0 Å². The number of rotatable bonds is 6. The topological polar surface area (TPSA) is 57.6 Å². The number of imide groups is 1. The molecule has 6 heteroatoms. The molecule has 0 atom stereocenters. The summed E-state index contributed by atoms with van der Waals surface area (Å²) in [6, 6.07) is 7.90. The largest absolute Gasteiger partial charge is 0.380 e. The Balaban J connectivity index is 2.01. The Bertz CT molecular complexity index is 863. The molecular formula is C19H24N4O2. The number of aryl methyl sites for hydroxylation is 1. The minimum Gasteiger partial charge on any atom is -0.380 e. The molecule has 1 N–H and O–H groups in total. The van der Waals surface area contributed by atoms with E-state index in [4.69, 9.17) is 0 Å².